The standard InChI is InChI=1S/C19H23NO5S/c1-3-20(4-2)26(22,23)18-12-8-9-16(15-18)19(21)25-14-13-24-17-10-6-5-7-11-17/h5-12,15H,3-4,13-14H2,1-2H3. The van der Waals surface area contributed by atoms with E-state index in [4.69, 9.17) is 9.47 Å². The summed E-state index contributed by atoms with van der Waals surface area (Å²) in [6.45, 7) is 4.56. The van der Waals surface area contributed by atoms with Crippen molar-refractivity contribution >= 4 is 16.0 Å². The molecule has 0 atom stereocenters. The van der Waals surface area contributed by atoms with Crippen molar-refractivity contribution in [3.63, 3.8) is 0 Å². The van der Waals surface area contributed by atoms with Gasteiger partial charge in [-0.2, -0.15) is 4.31 Å². The Balaban J connectivity index is 1.97. The van der Waals surface area contributed by atoms with Crippen molar-refractivity contribution in [3.8, 4) is 5.75 Å². The lowest BCUT2D eigenvalue weighted by molar-refractivity contribution is 0.0450. The molecule has 0 unspecified atom stereocenters. The molecule has 0 aliphatic rings. The minimum absolute atomic E-state index is 0.0702. The number of hydrogen-bond acceptors (Lipinski definition) is 5. The van der Waals surface area contributed by atoms with Crippen LogP contribution in [0.3, 0.4) is 0 Å². The number of sulfonamides is 1. The highest BCUT2D eigenvalue weighted by molar-refractivity contribution is 7.89. The molecule has 0 fully saturated rings. The summed E-state index contributed by atoms with van der Waals surface area (Å²) in [6, 6.07) is 15.1. The number of nitrogens with zero attached hydrogens (tertiary/aromatic N) is 1. The Morgan fingerprint density at radius 1 is 0.962 bits per heavy atom. The molecule has 26 heavy (non-hydrogen) atoms. The van der Waals surface area contributed by atoms with Gasteiger partial charge in [0.25, 0.3) is 0 Å². The fourth-order valence-corrected chi connectivity index (χ4v) is 3.89. The average molecular weight is 377 g/mol. The summed E-state index contributed by atoms with van der Waals surface area (Å²) < 4.78 is 37.0. The first-order valence-electron chi connectivity index (χ1n) is 8.44. The quantitative estimate of drug-likeness (QED) is 0.496. The SMILES string of the molecule is CCN(CC)S(=O)(=O)c1cccc(C(=O)OCCOc2ccccc2)c1. The molecule has 0 saturated carbocycles. The maximum absolute atomic E-state index is 12.5. The van der Waals surface area contributed by atoms with Crippen LogP contribution in [-0.4, -0.2) is 45.0 Å². The summed E-state index contributed by atoms with van der Waals surface area (Å²) in [5.74, 6) is 0.106. The van der Waals surface area contributed by atoms with Crippen LogP contribution in [-0.2, 0) is 14.8 Å². The normalized spacial score (nSPS) is 11.3. The summed E-state index contributed by atoms with van der Waals surface area (Å²) in [5.41, 5.74) is 0.193. The third-order valence-electron chi connectivity index (χ3n) is 3.74. The van der Waals surface area contributed by atoms with E-state index in [1.807, 2.05) is 30.3 Å². The van der Waals surface area contributed by atoms with E-state index in [1.54, 1.807) is 13.8 Å². The summed E-state index contributed by atoms with van der Waals surface area (Å²) in [7, 11) is -3.62. The van der Waals surface area contributed by atoms with Crippen molar-refractivity contribution in [3.05, 3.63) is 60.2 Å². The molecule has 0 N–H and O–H groups in total. The van der Waals surface area contributed by atoms with Gasteiger partial charge in [-0.15, -0.1) is 0 Å². The second-order valence-electron chi connectivity index (χ2n) is 5.41. The van der Waals surface area contributed by atoms with E-state index in [-0.39, 0.29) is 23.7 Å². The predicted molar refractivity (Wildman–Crippen MR) is 98.8 cm³/mol. The van der Waals surface area contributed by atoms with Crippen molar-refractivity contribution in [2.75, 3.05) is 26.3 Å². The highest BCUT2D eigenvalue weighted by atomic mass is 32.2. The topological polar surface area (TPSA) is 72.9 Å². The van der Waals surface area contributed by atoms with Crippen LogP contribution in [0, 0.1) is 0 Å². The zero-order valence-corrected chi connectivity index (χ0v) is 15.7. The van der Waals surface area contributed by atoms with Gasteiger partial charge in [0.2, 0.25) is 10.0 Å². The van der Waals surface area contributed by atoms with E-state index < -0.39 is 16.0 Å². The first-order valence-corrected chi connectivity index (χ1v) is 9.88. The molecular formula is C19H23NO5S. The smallest absolute Gasteiger partial charge is 0.338 e. The fraction of sp³-hybridized carbons (Fsp3) is 0.316. The molecule has 0 saturated heterocycles. The number of para-hydroxylation sites is 1. The lowest BCUT2D eigenvalue weighted by Gasteiger charge is -2.18. The fourth-order valence-electron chi connectivity index (χ4n) is 2.39. The van der Waals surface area contributed by atoms with Gasteiger partial charge in [-0.1, -0.05) is 38.1 Å². The molecule has 0 aliphatic carbocycles. The Morgan fingerprint density at radius 3 is 2.31 bits per heavy atom. The monoisotopic (exact) mass is 377 g/mol. The van der Waals surface area contributed by atoms with Crippen LogP contribution in [0.5, 0.6) is 5.75 Å². The van der Waals surface area contributed by atoms with Gasteiger partial charge in [-0.25, -0.2) is 13.2 Å². The van der Waals surface area contributed by atoms with Crippen molar-refractivity contribution in [1.82, 2.24) is 4.31 Å². The molecule has 2 rings (SSSR count). The van der Waals surface area contributed by atoms with Crippen LogP contribution < -0.4 is 4.74 Å². The van der Waals surface area contributed by atoms with Gasteiger partial charge in [0.15, 0.2) is 0 Å². The van der Waals surface area contributed by atoms with Crippen LogP contribution in [0.15, 0.2) is 59.5 Å². The van der Waals surface area contributed by atoms with Crippen molar-refractivity contribution in [1.29, 1.82) is 0 Å². The van der Waals surface area contributed by atoms with E-state index in [9.17, 15) is 13.2 Å². The van der Waals surface area contributed by atoms with E-state index in [1.165, 1.54) is 28.6 Å². The Hall–Kier alpha value is -2.38. The predicted octanol–water partition coefficient (Wildman–Crippen LogP) is 2.95. The van der Waals surface area contributed by atoms with Gasteiger partial charge in [0, 0.05) is 13.1 Å². The zero-order valence-electron chi connectivity index (χ0n) is 14.9. The Labute approximate surface area is 154 Å². The van der Waals surface area contributed by atoms with E-state index >= 15 is 0 Å². The number of hydrogen-bond donors (Lipinski definition) is 0. The number of carbonyl (C=O) groups is 1. The maximum atomic E-state index is 12.5. The van der Waals surface area contributed by atoms with Crippen LogP contribution in [0.4, 0.5) is 0 Å². The molecule has 0 spiro atoms. The second-order valence-corrected chi connectivity index (χ2v) is 7.35. The summed E-state index contributed by atoms with van der Waals surface area (Å²) in [5, 5.41) is 0. The van der Waals surface area contributed by atoms with Gasteiger partial charge in [0.1, 0.15) is 19.0 Å². The molecular weight excluding hydrogens is 354 g/mol. The second kappa shape index (κ2) is 9.35. The van der Waals surface area contributed by atoms with E-state index in [0.717, 1.165) is 0 Å². The average Bonchev–Trinajstić information content (AvgIpc) is 2.67. The number of benzene rings is 2. The number of ether oxygens (including phenoxy) is 2. The summed E-state index contributed by atoms with van der Waals surface area (Å²) in [4.78, 5) is 12.2. The Kier molecular flexibility index (Phi) is 7.17. The van der Waals surface area contributed by atoms with Crippen LogP contribution in [0.2, 0.25) is 0 Å². The molecule has 0 amide bonds. The molecule has 0 aromatic heterocycles. The minimum Gasteiger partial charge on any atom is -0.490 e. The summed E-state index contributed by atoms with van der Waals surface area (Å²) >= 11 is 0. The lowest BCUT2D eigenvalue weighted by Crippen LogP contribution is -2.30. The molecule has 0 aliphatic heterocycles. The van der Waals surface area contributed by atoms with Crippen molar-refractivity contribution < 1.29 is 22.7 Å². The molecule has 6 nitrogen and oxygen atoms in total. The first kappa shape index (κ1) is 19.9. The van der Waals surface area contributed by atoms with E-state index in [0.29, 0.717) is 18.8 Å². The highest BCUT2D eigenvalue weighted by Crippen LogP contribution is 2.17. The number of rotatable bonds is 9. The lowest BCUT2D eigenvalue weighted by atomic mass is 10.2. The molecule has 0 bridgehead atoms. The molecule has 2 aromatic carbocycles. The van der Waals surface area contributed by atoms with Crippen LogP contribution >= 0.6 is 0 Å². The first-order chi connectivity index (χ1) is 12.5. The highest BCUT2D eigenvalue weighted by Gasteiger charge is 2.22. The number of esters is 1. The largest absolute Gasteiger partial charge is 0.490 e. The number of carbonyl (C=O) groups excluding carboxylic acids is 1. The molecule has 7 heteroatoms. The van der Waals surface area contributed by atoms with Gasteiger partial charge in [0.05, 0.1) is 10.5 Å². The minimum atomic E-state index is -3.62. The summed E-state index contributed by atoms with van der Waals surface area (Å²) in [6.07, 6.45) is 0. The third-order valence-corrected chi connectivity index (χ3v) is 5.79. The maximum Gasteiger partial charge on any atom is 0.338 e. The molecule has 0 radical (unpaired) electrons. The zero-order chi connectivity index (χ0) is 19.0. The molecule has 0 heterocycles. The van der Waals surface area contributed by atoms with Crippen molar-refractivity contribution in [2.24, 2.45) is 0 Å². The van der Waals surface area contributed by atoms with Crippen molar-refractivity contribution in [2.45, 2.75) is 18.7 Å². The molecule has 2 aromatic rings. The van der Waals surface area contributed by atoms with Gasteiger partial charge in [-0.3, -0.25) is 0 Å². The van der Waals surface area contributed by atoms with E-state index in [2.05, 4.69) is 0 Å². The van der Waals surface area contributed by atoms with Gasteiger partial charge < -0.3 is 9.47 Å². The van der Waals surface area contributed by atoms with Crippen LogP contribution in [0.1, 0.15) is 24.2 Å². The molecule has 140 valence electrons. The Morgan fingerprint density at radius 2 is 1.65 bits per heavy atom. The third kappa shape index (κ3) is 5.06. The van der Waals surface area contributed by atoms with Gasteiger partial charge in [-0.05, 0) is 30.3 Å². The van der Waals surface area contributed by atoms with Crippen LogP contribution in [0.25, 0.3) is 0 Å². The van der Waals surface area contributed by atoms with Gasteiger partial charge >= 0.3 is 5.97 Å². The Bertz CT molecular complexity index is 817.